The van der Waals surface area contributed by atoms with Crippen molar-refractivity contribution in [2.75, 3.05) is 0 Å². The molecule has 84 valence electrons. The van der Waals surface area contributed by atoms with Crippen molar-refractivity contribution in [3.8, 4) is 0 Å². The van der Waals surface area contributed by atoms with E-state index in [2.05, 4.69) is 69.7 Å². The molecular weight excluding hydrogens is 418 g/mol. The summed E-state index contributed by atoms with van der Waals surface area (Å²) >= 11 is 14.0. The van der Waals surface area contributed by atoms with Gasteiger partial charge < -0.3 is 0 Å². The summed E-state index contributed by atoms with van der Waals surface area (Å²) in [6.45, 7) is 2.09. The van der Waals surface area contributed by atoms with E-state index in [4.69, 9.17) is 11.6 Å². The first kappa shape index (κ1) is 12.9. The van der Waals surface area contributed by atoms with Crippen molar-refractivity contribution in [2.24, 2.45) is 0 Å². The van der Waals surface area contributed by atoms with Crippen molar-refractivity contribution in [3.63, 3.8) is 0 Å². The number of aryl methyl sites for hydroxylation is 1. The predicted molar refractivity (Wildman–Crippen MR) is 83.6 cm³/mol. The summed E-state index contributed by atoms with van der Waals surface area (Å²) in [5, 5.41) is -0.0512. The third-order valence-electron chi connectivity index (χ3n) is 2.27. The fourth-order valence-corrected chi connectivity index (χ4v) is 3.90. The van der Waals surface area contributed by atoms with E-state index in [1.807, 2.05) is 6.07 Å². The average Bonchev–Trinajstić information content (AvgIpc) is 2.58. The molecular formula is C12H9BrClIS. The van der Waals surface area contributed by atoms with Crippen LogP contribution in [0.3, 0.4) is 0 Å². The molecule has 2 rings (SSSR count). The molecule has 0 bridgehead atoms. The standard InChI is InChI=1S/C12H9BrClIS/c1-7-10(13)6-11(16-7)12(14)8-3-2-4-9(15)5-8/h2-6,12H,1H3. The van der Waals surface area contributed by atoms with Crippen LogP contribution in [0, 0.1) is 10.5 Å². The minimum Gasteiger partial charge on any atom is -0.143 e. The van der Waals surface area contributed by atoms with Gasteiger partial charge in [0.2, 0.25) is 0 Å². The van der Waals surface area contributed by atoms with Crippen LogP contribution in [0.15, 0.2) is 34.8 Å². The molecule has 0 N–H and O–H groups in total. The van der Waals surface area contributed by atoms with Crippen LogP contribution in [-0.2, 0) is 0 Å². The van der Waals surface area contributed by atoms with Crippen molar-refractivity contribution < 1.29 is 0 Å². The molecule has 16 heavy (non-hydrogen) atoms. The summed E-state index contributed by atoms with van der Waals surface area (Å²) in [5.74, 6) is 0. The Morgan fingerprint density at radius 3 is 2.69 bits per heavy atom. The number of hydrogen-bond donors (Lipinski definition) is 0. The van der Waals surface area contributed by atoms with Crippen LogP contribution >= 0.6 is 61.5 Å². The van der Waals surface area contributed by atoms with E-state index in [-0.39, 0.29) is 5.38 Å². The van der Waals surface area contributed by atoms with E-state index in [9.17, 15) is 0 Å². The fourth-order valence-electron chi connectivity index (χ4n) is 1.43. The first-order valence-corrected chi connectivity index (χ1v) is 7.86. The normalized spacial score (nSPS) is 12.8. The Labute approximate surface area is 126 Å². The zero-order chi connectivity index (χ0) is 11.7. The van der Waals surface area contributed by atoms with Crippen molar-refractivity contribution in [3.05, 3.63) is 53.7 Å². The van der Waals surface area contributed by atoms with Gasteiger partial charge in [0, 0.05) is 17.8 Å². The molecule has 0 fully saturated rings. The number of alkyl halides is 1. The summed E-state index contributed by atoms with van der Waals surface area (Å²) in [6, 6.07) is 10.4. The molecule has 0 saturated carbocycles. The van der Waals surface area contributed by atoms with Gasteiger partial charge in [-0.25, -0.2) is 0 Å². The quantitative estimate of drug-likeness (QED) is 0.423. The molecule has 0 amide bonds. The molecule has 0 aliphatic rings. The zero-order valence-electron chi connectivity index (χ0n) is 8.51. The van der Waals surface area contributed by atoms with Crippen LogP contribution in [0.25, 0.3) is 0 Å². The Morgan fingerprint density at radius 2 is 2.12 bits per heavy atom. The van der Waals surface area contributed by atoms with Crippen LogP contribution in [0.4, 0.5) is 0 Å². The van der Waals surface area contributed by atoms with E-state index in [0.717, 1.165) is 10.0 Å². The van der Waals surface area contributed by atoms with E-state index in [1.54, 1.807) is 11.3 Å². The van der Waals surface area contributed by atoms with Gasteiger partial charge in [-0.2, -0.15) is 0 Å². The minimum absolute atomic E-state index is 0.0512. The maximum atomic E-state index is 6.48. The summed E-state index contributed by atoms with van der Waals surface area (Å²) in [5.41, 5.74) is 1.15. The molecule has 0 saturated heterocycles. The van der Waals surface area contributed by atoms with Crippen LogP contribution < -0.4 is 0 Å². The van der Waals surface area contributed by atoms with Crippen LogP contribution in [0.5, 0.6) is 0 Å². The second kappa shape index (κ2) is 5.38. The Kier molecular flexibility index (Phi) is 4.32. The second-order valence-electron chi connectivity index (χ2n) is 3.47. The monoisotopic (exact) mass is 426 g/mol. The Morgan fingerprint density at radius 1 is 1.38 bits per heavy atom. The average molecular weight is 428 g/mol. The first-order valence-electron chi connectivity index (χ1n) is 4.73. The van der Waals surface area contributed by atoms with Gasteiger partial charge in [0.05, 0.1) is 5.38 Å². The van der Waals surface area contributed by atoms with Gasteiger partial charge in [0.1, 0.15) is 0 Å². The largest absolute Gasteiger partial charge is 0.143 e. The van der Waals surface area contributed by atoms with Crippen LogP contribution in [0.2, 0.25) is 0 Å². The van der Waals surface area contributed by atoms with Crippen molar-refractivity contribution in [2.45, 2.75) is 12.3 Å². The summed E-state index contributed by atoms with van der Waals surface area (Å²) in [4.78, 5) is 2.46. The molecule has 0 radical (unpaired) electrons. The topological polar surface area (TPSA) is 0 Å². The number of benzene rings is 1. The predicted octanol–water partition coefficient (Wildman–Crippen LogP) is 5.75. The number of hydrogen-bond acceptors (Lipinski definition) is 1. The van der Waals surface area contributed by atoms with Gasteiger partial charge in [-0.15, -0.1) is 22.9 Å². The van der Waals surface area contributed by atoms with E-state index < -0.39 is 0 Å². The molecule has 1 aromatic carbocycles. The molecule has 1 unspecified atom stereocenters. The van der Waals surface area contributed by atoms with Crippen molar-refractivity contribution in [1.82, 2.24) is 0 Å². The molecule has 1 atom stereocenters. The maximum absolute atomic E-state index is 6.48. The molecule has 1 aromatic heterocycles. The lowest BCUT2D eigenvalue weighted by molar-refractivity contribution is 1.18. The van der Waals surface area contributed by atoms with E-state index in [1.165, 1.54) is 13.3 Å². The first-order chi connectivity index (χ1) is 7.58. The fraction of sp³-hybridized carbons (Fsp3) is 0.167. The highest BCUT2D eigenvalue weighted by Gasteiger charge is 2.14. The molecule has 0 aliphatic carbocycles. The number of halogens is 3. The molecule has 0 nitrogen and oxygen atoms in total. The number of rotatable bonds is 2. The molecule has 4 heteroatoms. The van der Waals surface area contributed by atoms with Crippen LogP contribution in [0.1, 0.15) is 20.7 Å². The smallest absolute Gasteiger partial charge is 0.0928 e. The third-order valence-corrected chi connectivity index (χ3v) is 5.76. The summed E-state index contributed by atoms with van der Waals surface area (Å²) in [6.07, 6.45) is 0. The minimum atomic E-state index is -0.0512. The molecule has 0 aliphatic heterocycles. The SMILES string of the molecule is Cc1sc(C(Cl)c2cccc(I)c2)cc1Br. The van der Waals surface area contributed by atoms with Gasteiger partial charge in [-0.3, -0.25) is 0 Å². The van der Waals surface area contributed by atoms with Crippen molar-refractivity contribution in [1.29, 1.82) is 0 Å². The lowest BCUT2D eigenvalue weighted by Crippen LogP contribution is -1.90. The van der Waals surface area contributed by atoms with Gasteiger partial charge in [0.25, 0.3) is 0 Å². The van der Waals surface area contributed by atoms with Crippen LogP contribution in [-0.4, -0.2) is 0 Å². The highest BCUT2D eigenvalue weighted by atomic mass is 127. The Bertz CT molecular complexity index is 490. The summed E-state index contributed by atoms with van der Waals surface area (Å²) in [7, 11) is 0. The van der Waals surface area contributed by atoms with E-state index >= 15 is 0 Å². The Hall–Kier alpha value is 0.420. The highest BCUT2D eigenvalue weighted by molar-refractivity contribution is 14.1. The third kappa shape index (κ3) is 2.81. The zero-order valence-corrected chi connectivity index (χ0v) is 13.8. The molecule has 0 spiro atoms. The maximum Gasteiger partial charge on any atom is 0.0928 e. The van der Waals surface area contributed by atoms with Gasteiger partial charge >= 0.3 is 0 Å². The van der Waals surface area contributed by atoms with Gasteiger partial charge in [0.15, 0.2) is 0 Å². The Balaban J connectivity index is 2.35. The molecule has 1 heterocycles. The van der Waals surface area contributed by atoms with Crippen molar-refractivity contribution >= 4 is 61.5 Å². The lowest BCUT2D eigenvalue weighted by atomic mass is 10.1. The van der Waals surface area contributed by atoms with Gasteiger partial charge in [-0.05, 0) is 69.2 Å². The summed E-state index contributed by atoms with van der Waals surface area (Å²) < 4.78 is 2.36. The molecule has 2 aromatic rings. The van der Waals surface area contributed by atoms with Gasteiger partial charge in [-0.1, -0.05) is 12.1 Å². The highest BCUT2D eigenvalue weighted by Crippen LogP contribution is 2.37. The number of thiophene rings is 1. The van der Waals surface area contributed by atoms with E-state index in [0.29, 0.717) is 0 Å². The second-order valence-corrected chi connectivity index (χ2v) is 7.29. The lowest BCUT2D eigenvalue weighted by Gasteiger charge is -2.07.